The van der Waals surface area contributed by atoms with Crippen LogP contribution in [0.1, 0.15) is 31.5 Å². The quantitative estimate of drug-likeness (QED) is 0.496. The molecule has 8 nitrogen and oxygen atoms in total. The summed E-state index contributed by atoms with van der Waals surface area (Å²) in [6.45, 7) is 6.36. The average molecular weight is 363 g/mol. The van der Waals surface area contributed by atoms with Gasteiger partial charge in [-0.25, -0.2) is 9.78 Å². The number of rotatable bonds is 5. The van der Waals surface area contributed by atoms with E-state index in [1.54, 1.807) is 33.8 Å². The fourth-order valence-electron chi connectivity index (χ4n) is 2.20. The summed E-state index contributed by atoms with van der Waals surface area (Å²) in [7, 11) is 0. The number of aryl methyl sites for hydroxylation is 3. The van der Waals surface area contributed by atoms with Gasteiger partial charge >= 0.3 is 5.97 Å². The number of anilines is 1. The molecule has 1 heterocycles. The van der Waals surface area contributed by atoms with Crippen molar-refractivity contribution in [3.8, 4) is 0 Å². The van der Waals surface area contributed by atoms with Gasteiger partial charge in [0, 0.05) is 6.07 Å². The molecule has 1 aromatic heterocycles. The molecule has 132 valence electrons. The number of esters is 1. The van der Waals surface area contributed by atoms with Crippen LogP contribution in [0.5, 0.6) is 0 Å². The van der Waals surface area contributed by atoms with Crippen LogP contribution < -0.4 is 5.32 Å². The number of thiazole rings is 1. The fraction of sp³-hybridized carbons (Fsp3) is 0.312. The van der Waals surface area contributed by atoms with Gasteiger partial charge in [-0.05, 0) is 38.8 Å². The van der Waals surface area contributed by atoms with Gasteiger partial charge in [-0.1, -0.05) is 6.07 Å². The molecule has 0 saturated carbocycles. The monoisotopic (exact) mass is 363 g/mol. The Labute approximate surface area is 148 Å². The summed E-state index contributed by atoms with van der Waals surface area (Å²) in [5.74, 6) is -1.29. The molecule has 0 unspecified atom stereocenters. The summed E-state index contributed by atoms with van der Waals surface area (Å²) in [4.78, 5) is 39.1. The molecule has 0 spiro atoms. The first-order chi connectivity index (χ1) is 11.7. The zero-order valence-corrected chi connectivity index (χ0v) is 15.0. The van der Waals surface area contributed by atoms with Crippen LogP contribution in [-0.4, -0.2) is 28.4 Å². The van der Waals surface area contributed by atoms with Crippen molar-refractivity contribution in [2.45, 2.75) is 27.7 Å². The third-order valence-corrected chi connectivity index (χ3v) is 4.65. The maximum atomic E-state index is 12.1. The highest BCUT2D eigenvalue weighted by Gasteiger charge is 2.21. The van der Waals surface area contributed by atoms with E-state index in [2.05, 4.69) is 10.3 Å². The summed E-state index contributed by atoms with van der Waals surface area (Å²) in [5, 5.41) is 14.3. The molecule has 0 aliphatic heterocycles. The molecular formula is C16H17N3O5S. The summed E-state index contributed by atoms with van der Waals surface area (Å²) in [6.07, 6.45) is 0. The summed E-state index contributed by atoms with van der Waals surface area (Å²) in [5.41, 5.74) is 1.82. The van der Waals surface area contributed by atoms with Crippen LogP contribution in [0.2, 0.25) is 0 Å². The average Bonchev–Trinajstić information content (AvgIpc) is 2.88. The van der Waals surface area contributed by atoms with Crippen LogP contribution in [0.25, 0.3) is 0 Å². The molecule has 0 atom stereocenters. The Bertz CT molecular complexity index is 860. The van der Waals surface area contributed by atoms with Crippen molar-refractivity contribution < 1.29 is 19.2 Å². The molecule has 0 aliphatic carbocycles. The van der Waals surface area contributed by atoms with Crippen molar-refractivity contribution in [3.05, 3.63) is 49.0 Å². The van der Waals surface area contributed by atoms with Crippen LogP contribution in [0.15, 0.2) is 12.1 Å². The minimum atomic E-state index is -0.649. The maximum absolute atomic E-state index is 12.1. The minimum absolute atomic E-state index is 0.107. The van der Waals surface area contributed by atoms with Crippen molar-refractivity contribution in [1.82, 2.24) is 4.98 Å². The van der Waals surface area contributed by atoms with E-state index in [-0.39, 0.29) is 11.4 Å². The van der Waals surface area contributed by atoms with E-state index in [0.29, 0.717) is 16.1 Å². The molecule has 1 aromatic carbocycles. The SMILES string of the molecule is Cc1nc(C)c(C(=O)OCC(=O)Nc2c([N+](=O)[O-])ccc(C)c2C)s1. The number of nitro groups is 1. The highest BCUT2D eigenvalue weighted by Crippen LogP contribution is 2.30. The smallest absolute Gasteiger partial charge is 0.350 e. The molecule has 9 heteroatoms. The maximum Gasteiger partial charge on any atom is 0.350 e. The first-order valence-electron chi connectivity index (χ1n) is 7.36. The summed E-state index contributed by atoms with van der Waals surface area (Å²) < 4.78 is 4.98. The predicted molar refractivity (Wildman–Crippen MR) is 93.1 cm³/mol. The number of carbonyl (C=O) groups excluding carboxylic acids is 2. The fourth-order valence-corrected chi connectivity index (χ4v) is 3.02. The van der Waals surface area contributed by atoms with Gasteiger partial charge < -0.3 is 10.1 Å². The van der Waals surface area contributed by atoms with Crippen LogP contribution in [0, 0.1) is 37.8 Å². The van der Waals surface area contributed by atoms with Gasteiger partial charge in [0.25, 0.3) is 11.6 Å². The van der Waals surface area contributed by atoms with E-state index < -0.39 is 23.4 Å². The zero-order valence-electron chi connectivity index (χ0n) is 14.2. The van der Waals surface area contributed by atoms with Gasteiger partial charge in [0.2, 0.25) is 0 Å². The number of nitro benzene ring substituents is 1. The van der Waals surface area contributed by atoms with Gasteiger partial charge in [-0.3, -0.25) is 14.9 Å². The number of ether oxygens (including phenoxy) is 1. The van der Waals surface area contributed by atoms with Gasteiger partial charge in [0.05, 0.1) is 15.6 Å². The Hall–Kier alpha value is -2.81. The number of nitrogens with zero attached hydrogens (tertiary/aromatic N) is 2. The van der Waals surface area contributed by atoms with Crippen molar-refractivity contribution in [1.29, 1.82) is 0 Å². The number of amides is 1. The van der Waals surface area contributed by atoms with Gasteiger partial charge in [0.15, 0.2) is 6.61 Å². The Balaban J connectivity index is 2.08. The second-order valence-corrected chi connectivity index (χ2v) is 6.63. The highest BCUT2D eigenvalue weighted by atomic mass is 32.1. The molecule has 1 N–H and O–H groups in total. The summed E-state index contributed by atoms with van der Waals surface area (Å²) in [6, 6.07) is 2.94. The Morgan fingerprint density at radius 3 is 2.52 bits per heavy atom. The first-order valence-corrected chi connectivity index (χ1v) is 8.18. The first kappa shape index (κ1) is 18.5. The number of carbonyl (C=O) groups is 2. The Morgan fingerprint density at radius 2 is 1.96 bits per heavy atom. The topological polar surface area (TPSA) is 111 Å². The predicted octanol–water partition coefficient (Wildman–Crippen LogP) is 3.08. The van der Waals surface area contributed by atoms with Crippen LogP contribution >= 0.6 is 11.3 Å². The number of hydrogen-bond acceptors (Lipinski definition) is 7. The molecule has 0 fully saturated rings. The Kier molecular flexibility index (Phi) is 5.48. The lowest BCUT2D eigenvalue weighted by Crippen LogP contribution is -2.22. The third-order valence-electron chi connectivity index (χ3n) is 3.60. The van der Waals surface area contributed by atoms with Gasteiger partial charge in [0.1, 0.15) is 10.6 Å². The van der Waals surface area contributed by atoms with Crippen LogP contribution in [-0.2, 0) is 9.53 Å². The second kappa shape index (κ2) is 7.39. The Morgan fingerprint density at radius 1 is 1.28 bits per heavy atom. The molecule has 25 heavy (non-hydrogen) atoms. The normalized spacial score (nSPS) is 10.4. The van der Waals surface area contributed by atoms with Crippen LogP contribution in [0.3, 0.4) is 0 Å². The van der Waals surface area contributed by atoms with Crippen molar-refractivity contribution in [2.24, 2.45) is 0 Å². The number of nitrogens with one attached hydrogen (secondary N) is 1. The molecule has 0 aliphatic rings. The number of hydrogen-bond donors (Lipinski definition) is 1. The molecule has 2 rings (SSSR count). The lowest BCUT2D eigenvalue weighted by Gasteiger charge is -2.11. The molecule has 0 bridgehead atoms. The van der Waals surface area contributed by atoms with E-state index in [4.69, 9.17) is 4.74 Å². The van der Waals surface area contributed by atoms with Crippen molar-refractivity contribution >= 4 is 34.6 Å². The lowest BCUT2D eigenvalue weighted by molar-refractivity contribution is -0.384. The van der Waals surface area contributed by atoms with E-state index in [0.717, 1.165) is 10.6 Å². The highest BCUT2D eigenvalue weighted by molar-refractivity contribution is 7.13. The van der Waals surface area contributed by atoms with Crippen LogP contribution in [0.4, 0.5) is 11.4 Å². The molecule has 0 saturated heterocycles. The standard InChI is InChI=1S/C16H17N3O5S/c1-8-5-6-12(19(22)23)14(9(8)2)18-13(20)7-24-16(21)15-10(3)17-11(4)25-15/h5-6H,7H2,1-4H3,(H,18,20). The second-order valence-electron chi connectivity index (χ2n) is 5.43. The molecule has 1 amide bonds. The van der Waals surface area contributed by atoms with Gasteiger partial charge in [-0.2, -0.15) is 0 Å². The lowest BCUT2D eigenvalue weighted by atomic mass is 10.1. The van der Waals surface area contributed by atoms with E-state index in [9.17, 15) is 19.7 Å². The van der Waals surface area contributed by atoms with Crippen molar-refractivity contribution in [3.63, 3.8) is 0 Å². The summed E-state index contributed by atoms with van der Waals surface area (Å²) >= 11 is 1.18. The van der Waals surface area contributed by atoms with E-state index in [1.165, 1.54) is 17.4 Å². The largest absolute Gasteiger partial charge is 0.451 e. The number of benzene rings is 1. The third kappa shape index (κ3) is 4.18. The molecule has 2 aromatic rings. The van der Waals surface area contributed by atoms with E-state index >= 15 is 0 Å². The van der Waals surface area contributed by atoms with E-state index in [1.807, 2.05) is 0 Å². The van der Waals surface area contributed by atoms with Gasteiger partial charge in [-0.15, -0.1) is 11.3 Å². The van der Waals surface area contributed by atoms with Crippen molar-refractivity contribution in [2.75, 3.05) is 11.9 Å². The molecule has 0 radical (unpaired) electrons. The minimum Gasteiger partial charge on any atom is -0.451 e. The number of aromatic nitrogens is 1. The zero-order chi connectivity index (χ0) is 18.7. The molecular weight excluding hydrogens is 346 g/mol.